The number of likely N-dealkylation sites (N-methyl/N-ethyl adjacent to an activating group) is 1. The van der Waals surface area contributed by atoms with Crippen molar-refractivity contribution in [3.05, 3.63) is 30.0 Å². The average Bonchev–Trinajstić information content (AvgIpc) is 3.22. The van der Waals surface area contributed by atoms with Gasteiger partial charge in [0.05, 0.1) is 18.4 Å². The Labute approximate surface area is 154 Å². The van der Waals surface area contributed by atoms with Crippen molar-refractivity contribution in [2.24, 2.45) is 0 Å². The number of aryl methyl sites for hydroxylation is 1. The predicted octanol–water partition coefficient (Wildman–Crippen LogP) is 2.73. The van der Waals surface area contributed by atoms with E-state index in [4.69, 9.17) is 0 Å². The third-order valence-corrected chi connectivity index (χ3v) is 4.14. The summed E-state index contributed by atoms with van der Waals surface area (Å²) in [5.41, 5.74) is 1.17. The number of hydrogen-bond acceptors (Lipinski definition) is 6. The second kappa shape index (κ2) is 7.51. The fraction of sp³-hybridized carbons (Fsp3) is 0.500. The molecule has 146 valence electrons. The van der Waals surface area contributed by atoms with Crippen molar-refractivity contribution in [2.45, 2.75) is 33.5 Å². The summed E-state index contributed by atoms with van der Waals surface area (Å²) >= 11 is 0. The van der Waals surface area contributed by atoms with Gasteiger partial charge in [-0.25, -0.2) is 4.98 Å². The maximum absolute atomic E-state index is 12.9. The molecule has 11 heteroatoms. The van der Waals surface area contributed by atoms with Crippen LogP contribution in [0.25, 0.3) is 5.78 Å². The largest absolute Gasteiger partial charge is 0.453 e. The summed E-state index contributed by atoms with van der Waals surface area (Å²) in [6.07, 6.45) is -1.22. The van der Waals surface area contributed by atoms with Gasteiger partial charge >= 0.3 is 6.18 Å². The number of rotatable bonds is 7. The molecular formula is C16H21F3N8. The van der Waals surface area contributed by atoms with E-state index in [0.29, 0.717) is 17.2 Å². The molecule has 1 N–H and O–H groups in total. The number of anilines is 2. The minimum atomic E-state index is -4.63. The molecule has 0 bridgehead atoms. The zero-order valence-corrected chi connectivity index (χ0v) is 15.3. The molecule has 0 aromatic carbocycles. The van der Waals surface area contributed by atoms with Crippen LogP contribution in [0.1, 0.15) is 25.4 Å². The van der Waals surface area contributed by atoms with E-state index in [2.05, 4.69) is 44.2 Å². The van der Waals surface area contributed by atoms with Gasteiger partial charge in [-0.1, -0.05) is 13.8 Å². The fourth-order valence-electron chi connectivity index (χ4n) is 2.68. The lowest BCUT2D eigenvalue weighted by molar-refractivity contribution is -0.144. The highest BCUT2D eigenvalue weighted by Gasteiger charge is 2.36. The van der Waals surface area contributed by atoms with Crippen LogP contribution in [0.4, 0.5) is 24.7 Å². The molecule has 3 aromatic heterocycles. The minimum absolute atomic E-state index is 0.112. The van der Waals surface area contributed by atoms with Crippen molar-refractivity contribution in [3.8, 4) is 0 Å². The van der Waals surface area contributed by atoms with Gasteiger partial charge in [0.2, 0.25) is 0 Å². The molecule has 0 saturated carbocycles. The fourth-order valence-corrected chi connectivity index (χ4v) is 2.68. The quantitative estimate of drug-likeness (QED) is 0.677. The van der Waals surface area contributed by atoms with Crippen molar-refractivity contribution in [1.29, 1.82) is 0 Å². The Morgan fingerprint density at radius 1 is 1.19 bits per heavy atom. The van der Waals surface area contributed by atoms with Crippen LogP contribution >= 0.6 is 0 Å². The van der Waals surface area contributed by atoms with Crippen molar-refractivity contribution >= 4 is 17.3 Å². The lowest BCUT2D eigenvalue weighted by atomic mass is 10.4. The summed E-state index contributed by atoms with van der Waals surface area (Å²) in [7, 11) is 0. The summed E-state index contributed by atoms with van der Waals surface area (Å²) in [6.45, 7) is 9.39. The zero-order valence-electron chi connectivity index (χ0n) is 15.3. The predicted molar refractivity (Wildman–Crippen MR) is 93.8 cm³/mol. The molecule has 0 amide bonds. The van der Waals surface area contributed by atoms with E-state index in [1.807, 2.05) is 0 Å². The van der Waals surface area contributed by atoms with Crippen LogP contribution in [0.15, 0.2) is 18.5 Å². The molecule has 0 spiro atoms. The van der Waals surface area contributed by atoms with Gasteiger partial charge in [0.25, 0.3) is 11.6 Å². The molecule has 0 aliphatic rings. The number of alkyl halides is 3. The highest BCUT2D eigenvalue weighted by Crippen LogP contribution is 2.27. The highest BCUT2D eigenvalue weighted by molar-refractivity contribution is 5.57. The summed E-state index contributed by atoms with van der Waals surface area (Å²) in [5.74, 6) is -0.999. The summed E-state index contributed by atoms with van der Waals surface area (Å²) in [4.78, 5) is 9.75. The first-order valence-corrected chi connectivity index (χ1v) is 8.63. The summed E-state index contributed by atoms with van der Waals surface area (Å²) < 4.78 is 41.5. The van der Waals surface area contributed by atoms with Gasteiger partial charge in [0.1, 0.15) is 5.82 Å². The molecule has 0 saturated heterocycles. The topological polar surface area (TPSA) is 76.2 Å². The van der Waals surface area contributed by atoms with E-state index in [-0.39, 0.29) is 5.78 Å². The molecule has 3 heterocycles. The van der Waals surface area contributed by atoms with E-state index >= 15 is 0 Å². The summed E-state index contributed by atoms with van der Waals surface area (Å²) in [5, 5.41) is 10.9. The molecule has 27 heavy (non-hydrogen) atoms. The first kappa shape index (κ1) is 19.1. The molecule has 0 unspecified atom stereocenters. The van der Waals surface area contributed by atoms with Crippen molar-refractivity contribution in [1.82, 2.24) is 34.3 Å². The van der Waals surface area contributed by atoms with Crippen LogP contribution in [0.5, 0.6) is 0 Å². The van der Waals surface area contributed by atoms with Gasteiger partial charge in [-0.15, -0.1) is 5.10 Å². The van der Waals surface area contributed by atoms with E-state index in [1.54, 1.807) is 30.1 Å². The molecule has 8 nitrogen and oxygen atoms in total. The minimum Gasteiger partial charge on any atom is -0.337 e. The molecule has 0 aliphatic heterocycles. The molecule has 3 rings (SSSR count). The Hall–Kier alpha value is -2.69. The Balaban J connectivity index is 1.81. The molecule has 0 aliphatic carbocycles. The van der Waals surface area contributed by atoms with Crippen LogP contribution < -0.4 is 5.32 Å². The Kier molecular flexibility index (Phi) is 5.31. The zero-order chi connectivity index (χ0) is 19.6. The monoisotopic (exact) mass is 382 g/mol. The van der Waals surface area contributed by atoms with Crippen molar-refractivity contribution in [2.75, 3.05) is 25.0 Å². The van der Waals surface area contributed by atoms with Gasteiger partial charge in [0.15, 0.2) is 0 Å². The second-order valence-corrected chi connectivity index (χ2v) is 6.07. The van der Waals surface area contributed by atoms with Crippen LogP contribution in [0, 0.1) is 6.92 Å². The molecule has 0 radical (unpaired) electrons. The van der Waals surface area contributed by atoms with Gasteiger partial charge in [0, 0.05) is 24.5 Å². The number of nitrogens with one attached hydrogen (secondary N) is 1. The number of nitrogens with zero attached hydrogens (tertiary/aromatic N) is 7. The molecule has 3 aromatic rings. The third kappa shape index (κ3) is 4.35. The van der Waals surface area contributed by atoms with E-state index in [0.717, 1.165) is 30.7 Å². The molecule has 0 atom stereocenters. The van der Waals surface area contributed by atoms with E-state index in [9.17, 15) is 13.2 Å². The van der Waals surface area contributed by atoms with Crippen LogP contribution in [0.3, 0.4) is 0 Å². The summed E-state index contributed by atoms with van der Waals surface area (Å²) in [6, 6.07) is 1.61. The second-order valence-electron chi connectivity index (χ2n) is 6.07. The lowest BCUT2D eigenvalue weighted by Crippen LogP contribution is -2.27. The third-order valence-electron chi connectivity index (χ3n) is 4.14. The number of fused-ring (bicyclic) bond motifs is 1. The molecule has 0 fully saturated rings. The number of aromatic nitrogens is 6. The van der Waals surface area contributed by atoms with Crippen molar-refractivity contribution < 1.29 is 13.2 Å². The maximum atomic E-state index is 12.9. The Morgan fingerprint density at radius 2 is 1.93 bits per heavy atom. The van der Waals surface area contributed by atoms with E-state index in [1.165, 1.54) is 0 Å². The number of halogens is 3. The SMILES string of the molecule is CCN(CC)CCn1cc(Nc2cc(C)nc3nc(C(F)(F)F)nn23)cn1. The van der Waals surface area contributed by atoms with Gasteiger partial charge in [-0.05, 0) is 20.0 Å². The normalized spacial score (nSPS) is 12.3. The van der Waals surface area contributed by atoms with Crippen molar-refractivity contribution in [3.63, 3.8) is 0 Å². The number of hydrogen-bond donors (Lipinski definition) is 1. The Bertz CT molecular complexity index is 910. The first-order chi connectivity index (χ1) is 12.8. The average molecular weight is 382 g/mol. The van der Waals surface area contributed by atoms with E-state index < -0.39 is 12.0 Å². The van der Waals surface area contributed by atoms with Crippen LogP contribution in [-0.4, -0.2) is 53.9 Å². The van der Waals surface area contributed by atoms with Gasteiger partial charge in [-0.2, -0.15) is 27.8 Å². The highest BCUT2D eigenvalue weighted by atomic mass is 19.4. The van der Waals surface area contributed by atoms with Gasteiger partial charge in [-0.3, -0.25) is 4.68 Å². The Morgan fingerprint density at radius 3 is 2.59 bits per heavy atom. The van der Waals surface area contributed by atoms with Crippen LogP contribution in [0.2, 0.25) is 0 Å². The van der Waals surface area contributed by atoms with Crippen LogP contribution in [-0.2, 0) is 12.7 Å². The first-order valence-electron chi connectivity index (χ1n) is 8.63. The van der Waals surface area contributed by atoms with Gasteiger partial charge < -0.3 is 10.2 Å². The molecular weight excluding hydrogens is 361 g/mol. The smallest absolute Gasteiger partial charge is 0.337 e. The maximum Gasteiger partial charge on any atom is 0.453 e. The standard InChI is InChI=1S/C16H21F3N8/c1-4-25(5-2)6-7-26-10-12(9-20-26)22-13-8-11(3)21-15-23-14(16(17,18)19)24-27(13)15/h8-10,22H,4-7H2,1-3H3. The lowest BCUT2D eigenvalue weighted by Gasteiger charge is -2.17.